The van der Waals surface area contributed by atoms with E-state index in [-0.39, 0.29) is 32.5 Å². The molecule has 8 bridgehead atoms. The summed E-state index contributed by atoms with van der Waals surface area (Å²) in [7, 11) is 0. The number of benzene rings is 16. The van der Waals surface area contributed by atoms with E-state index in [1.165, 1.54) is 215 Å². The second kappa shape index (κ2) is 30.3. The second-order valence-electron chi connectivity index (χ2n) is 44.4. The average molecular weight is 1710 g/mol. The quantitative estimate of drug-likeness (QED) is 0.120. The molecule has 12 aliphatic rings. The summed E-state index contributed by atoms with van der Waals surface area (Å²) < 4.78 is 0. The molecule has 0 heterocycles. The number of hydrogen-bond donors (Lipinski definition) is 0. The van der Waals surface area contributed by atoms with Crippen LogP contribution in [0.25, 0.3) is 111 Å². The standard InChI is InChI=1S/C67H55N.C63H63N/c1-66(2)62-34-31-54(68(52-28-25-46(26-29-52)45-15-6-3-7-16-45)53-30-33-55(47-17-8-4-9-18-47)60(41-53)48-19-10-5-11-20-48)42-61(62)58-32-27-49(40-64(58)66)56-22-14-23-59-57-21-12-13-24-63(57)67(65(56)59)50-36-43-35-44(38-50)39-51(67)37-43;1-60(2,3)45-19-13-41(14-20-45)42-15-23-49(24-16-42)64(50-25-21-46(22-26-50)61(4,5)6)51-27-30-57-55(38-51)54-37-43(17-28-56(54)62(57,7)8)44-18-29-59-53(36-44)52-11-9-10-12-58(52)63(59)47-32-39-31-40(34-47)35-48(63)33-39/h3-34,40-44,50-51H,35-39H2,1-2H3;9-30,36-40,47-48H,31-35H2,1-8H3. The van der Waals surface area contributed by atoms with Crippen molar-refractivity contribution in [3.05, 3.63) is 420 Å². The van der Waals surface area contributed by atoms with Gasteiger partial charge in [0.1, 0.15) is 0 Å². The Morgan fingerprint density at radius 2 is 0.500 bits per heavy atom. The van der Waals surface area contributed by atoms with E-state index >= 15 is 0 Å². The van der Waals surface area contributed by atoms with Gasteiger partial charge in [-0.05, 0) is 380 Å². The lowest BCUT2D eigenvalue weighted by Crippen LogP contribution is -2.55. The number of fused-ring (bicyclic) bond motifs is 12. The molecule has 0 aromatic heterocycles. The van der Waals surface area contributed by atoms with Crippen LogP contribution in [0.15, 0.2) is 364 Å². The van der Waals surface area contributed by atoms with Gasteiger partial charge in [0.15, 0.2) is 0 Å². The molecule has 8 fully saturated rings. The van der Waals surface area contributed by atoms with Crippen LogP contribution >= 0.6 is 0 Å². The molecule has 2 nitrogen and oxygen atoms in total. The third-order valence-electron chi connectivity index (χ3n) is 34.5. The summed E-state index contributed by atoms with van der Waals surface area (Å²) in [6.07, 6.45) is 14.2. The summed E-state index contributed by atoms with van der Waals surface area (Å²) in [4.78, 5) is 4.91. The molecule has 28 rings (SSSR count). The molecule has 0 unspecified atom stereocenters. The number of anilines is 6. The van der Waals surface area contributed by atoms with E-state index in [1.54, 1.807) is 22.3 Å². The smallest absolute Gasteiger partial charge is 0.0468 e. The molecule has 0 atom stereocenters. The van der Waals surface area contributed by atoms with Crippen molar-refractivity contribution in [2.24, 2.45) is 47.3 Å². The molecule has 132 heavy (non-hydrogen) atoms. The second-order valence-corrected chi connectivity index (χ2v) is 44.4. The van der Waals surface area contributed by atoms with Crippen LogP contribution in [0.2, 0.25) is 0 Å². The van der Waals surface area contributed by atoms with Crippen LogP contribution < -0.4 is 9.80 Å². The Kier molecular flexibility index (Phi) is 18.6. The number of rotatable bonds is 12. The maximum Gasteiger partial charge on any atom is 0.0468 e. The van der Waals surface area contributed by atoms with E-state index in [1.807, 2.05) is 0 Å². The van der Waals surface area contributed by atoms with Gasteiger partial charge < -0.3 is 9.80 Å². The first kappa shape index (κ1) is 81.1. The Bertz CT molecular complexity index is 7190. The molecule has 0 amide bonds. The van der Waals surface area contributed by atoms with Crippen LogP contribution in [0.1, 0.15) is 189 Å². The van der Waals surface area contributed by atoms with Gasteiger partial charge in [0.25, 0.3) is 0 Å². The summed E-state index contributed by atoms with van der Waals surface area (Å²) in [6.45, 7) is 23.4. The molecule has 2 heteroatoms. The van der Waals surface area contributed by atoms with E-state index in [0.717, 1.165) is 75.8 Å². The lowest BCUT2D eigenvalue weighted by Gasteiger charge is -2.61. The van der Waals surface area contributed by atoms with Gasteiger partial charge >= 0.3 is 0 Å². The van der Waals surface area contributed by atoms with Crippen LogP contribution in [0.5, 0.6) is 0 Å². The van der Waals surface area contributed by atoms with Crippen molar-refractivity contribution in [1.82, 2.24) is 0 Å². The summed E-state index contributed by atoms with van der Waals surface area (Å²) in [5.74, 6) is 6.75. The fraction of sp³-hybridized carbons (Fsp3) is 0.262. The Balaban J connectivity index is 0.000000142. The first-order valence-corrected chi connectivity index (χ1v) is 49.5. The van der Waals surface area contributed by atoms with Gasteiger partial charge in [-0.2, -0.15) is 0 Å². The minimum absolute atomic E-state index is 0.0763. The molecule has 16 aromatic rings. The van der Waals surface area contributed by atoms with E-state index in [9.17, 15) is 0 Å². The fourth-order valence-corrected chi connectivity index (χ4v) is 28.7. The van der Waals surface area contributed by atoms with E-state index < -0.39 is 0 Å². The highest BCUT2D eigenvalue weighted by molar-refractivity contribution is 5.96. The molecular formula is C130H118N2. The van der Waals surface area contributed by atoms with Crippen molar-refractivity contribution in [3.63, 3.8) is 0 Å². The average Bonchev–Trinajstić information content (AvgIpc) is 1.50. The SMILES string of the molecule is CC(C)(C)c1ccc(-c2ccc(N(c3ccc(C(C)(C)C)cc3)c3ccc4c(c3)-c3cc(-c5ccc6c(c5)-c5ccccc5C65C6CC7CC(C6)CC5C7)ccc3C4(C)C)cc2)cc1.CC1(C)c2ccc(N(c3ccc(-c4ccccc4)cc3)c3ccc(-c4ccccc4)c(-c4ccccc4)c3)cc2-c2ccc(-c3cccc4c3C3(c5ccccc5-4)C4CC5CC(C4)CC3C5)cc21. The van der Waals surface area contributed by atoms with Gasteiger partial charge in [-0.1, -0.05) is 342 Å². The van der Waals surface area contributed by atoms with E-state index in [0.29, 0.717) is 0 Å². The maximum atomic E-state index is 2.59. The van der Waals surface area contributed by atoms with Crippen molar-refractivity contribution >= 4 is 34.1 Å². The van der Waals surface area contributed by atoms with Crippen LogP contribution in [0.3, 0.4) is 0 Å². The van der Waals surface area contributed by atoms with Crippen LogP contribution in [-0.4, -0.2) is 0 Å². The van der Waals surface area contributed by atoms with Gasteiger partial charge in [-0.15, -0.1) is 0 Å². The van der Waals surface area contributed by atoms with Gasteiger partial charge in [0.05, 0.1) is 0 Å². The monoisotopic (exact) mass is 1710 g/mol. The molecule has 0 aliphatic heterocycles. The minimum atomic E-state index is -0.166. The highest BCUT2D eigenvalue weighted by Gasteiger charge is 2.64. The van der Waals surface area contributed by atoms with Crippen LogP contribution in [0, 0.1) is 47.3 Å². The van der Waals surface area contributed by atoms with Gasteiger partial charge in [-0.25, -0.2) is 0 Å². The molecule has 0 radical (unpaired) electrons. The lowest BCUT2D eigenvalue weighted by atomic mass is 9.42. The van der Waals surface area contributed by atoms with Crippen molar-refractivity contribution in [3.8, 4) is 111 Å². The Morgan fingerprint density at radius 1 is 0.197 bits per heavy atom. The molecule has 648 valence electrons. The number of hydrogen-bond acceptors (Lipinski definition) is 2. The molecule has 12 aliphatic carbocycles. The maximum absolute atomic E-state index is 2.59. The minimum Gasteiger partial charge on any atom is -0.310 e. The van der Waals surface area contributed by atoms with Gasteiger partial charge in [-0.3, -0.25) is 0 Å². The van der Waals surface area contributed by atoms with Crippen molar-refractivity contribution in [1.29, 1.82) is 0 Å². The third kappa shape index (κ3) is 12.7. The Morgan fingerprint density at radius 3 is 1.01 bits per heavy atom. The molecule has 8 saturated carbocycles. The predicted molar refractivity (Wildman–Crippen MR) is 554 cm³/mol. The topological polar surface area (TPSA) is 6.48 Å². The molecule has 16 aromatic carbocycles. The molecule has 0 saturated heterocycles. The fourth-order valence-electron chi connectivity index (χ4n) is 28.7. The summed E-state index contributed by atoms with van der Waals surface area (Å²) in [5, 5.41) is 0. The van der Waals surface area contributed by atoms with E-state index in [2.05, 4.69) is 443 Å². The normalized spacial score (nSPS) is 22.5. The Labute approximate surface area is 782 Å². The highest BCUT2D eigenvalue weighted by Crippen LogP contribution is 2.73. The first-order chi connectivity index (χ1) is 64.1. The predicted octanol–water partition coefficient (Wildman–Crippen LogP) is 35.0. The van der Waals surface area contributed by atoms with Crippen LogP contribution in [-0.2, 0) is 32.5 Å². The Hall–Kier alpha value is -12.9. The summed E-state index contributed by atoms with van der Waals surface area (Å²) >= 11 is 0. The largest absolute Gasteiger partial charge is 0.310 e. The zero-order chi connectivity index (χ0) is 89.1. The lowest BCUT2D eigenvalue weighted by molar-refractivity contribution is -0.0399. The molecule has 2 spiro atoms. The zero-order valence-corrected chi connectivity index (χ0v) is 78.2. The van der Waals surface area contributed by atoms with Crippen LogP contribution in [0.4, 0.5) is 34.1 Å². The molecule has 0 N–H and O–H groups in total. The van der Waals surface area contributed by atoms with E-state index in [4.69, 9.17) is 0 Å². The third-order valence-corrected chi connectivity index (χ3v) is 34.5. The molecular weight excluding hydrogens is 1590 g/mol. The number of nitrogens with zero attached hydrogens (tertiary/aromatic N) is 2. The van der Waals surface area contributed by atoms with Gasteiger partial charge in [0, 0.05) is 55.8 Å². The van der Waals surface area contributed by atoms with Crippen molar-refractivity contribution in [2.75, 3.05) is 9.80 Å². The van der Waals surface area contributed by atoms with Crippen molar-refractivity contribution < 1.29 is 0 Å². The first-order valence-electron chi connectivity index (χ1n) is 49.5. The summed E-state index contributed by atoms with van der Waals surface area (Å²) in [5.41, 5.74) is 48.5. The highest BCUT2D eigenvalue weighted by atomic mass is 15.1. The summed E-state index contributed by atoms with van der Waals surface area (Å²) in [6, 6.07) is 139. The van der Waals surface area contributed by atoms with Crippen molar-refractivity contribution in [2.45, 2.75) is 166 Å². The van der Waals surface area contributed by atoms with Gasteiger partial charge in [0.2, 0.25) is 0 Å². The zero-order valence-electron chi connectivity index (χ0n) is 78.2.